The fraction of sp³-hybridized carbons (Fsp3) is 0.250. The van der Waals surface area contributed by atoms with Gasteiger partial charge in [-0.2, -0.15) is 0 Å². The minimum atomic E-state index is 0.778. The summed E-state index contributed by atoms with van der Waals surface area (Å²) in [7, 11) is 0. The molecular formula is C16H18Br2N4. The average Bonchev–Trinajstić information content (AvgIpc) is 2.48. The summed E-state index contributed by atoms with van der Waals surface area (Å²) >= 11 is 7.21. The number of nitrogens with two attached hydrogens (primary N) is 2. The number of rotatable bonds is 2. The molecule has 116 valence electrons. The molecular weight excluding hydrogens is 408 g/mol. The summed E-state index contributed by atoms with van der Waals surface area (Å²) in [4.78, 5) is 4.76. The molecule has 2 aromatic carbocycles. The Bertz CT molecular complexity index is 622. The van der Waals surface area contributed by atoms with Gasteiger partial charge in [-0.05, 0) is 68.3 Å². The molecule has 1 aliphatic heterocycles. The second-order valence-corrected chi connectivity index (χ2v) is 7.10. The number of nitrogen functional groups attached to an aromatic ring is 2. The van der Waals surface area contributed by atoms with Gasteiger partial charge in [0.15, 0.2) is 0 Å². The quantitative estimate of drug-likeness (QED) is 0.720. The van der Waals surface area contributed by atoms with Crippen molar-refractivity contribution in [3.05, 3.63) is 45.3 Å². The Morgan fingerprint density at radius 1 is 0.682 bits per heavy atom. The molecule has 1 aliphatic rings. The van der Waals surface area contributed by atoms with E-state index in [0.29, 0.717) is 0 Å². The van der Waals surface area contributed by atoms with E-state index in [9.17, 15) is 0 Å². The SMILES string of the molecule is Nc1ccc(N2CCN(c3ccc(N)cc3Br)CC2)c(Br)c1. The van der Waals surface area contributed by atoms with E-state index in [-0.39, 0.29) is 0 Å². The predicted octanol–water partition coefficient (Wildman–Crippen LogP) is 3.70. The van der Waals surface area contributed by atoms with Gasteiger partial charge in [0.1, 0.15) is 0 Å². The molecule has 3 rings (SSSR count). The fourth-order valence-electron chi connectivity index (χ4n) is 2.75. The third-order valence-electron chi connectivity index (χ3n) is 3.90. The Morgan fingerprint density at radius 3 is 1.36 bits per heavy atom. The van der Waals surface area contributed by atoms with Gasteiger partial charge in [0, 0.05) is 46.5 Å². The van der Waals surface area contributed by atoms with E-state index in [4.69, 9.17) is 11.5 Å². The lowest BCUT2D eigenvalue weighted by Gasteiger charge is -2.38. The van der Waals surface area contributed by atoms with Gasteiger partial charge in [0.2, 0.25) is 0 Å². The number of piperazine rings is 1. The van der Waals surface area contributed by atoms with E-state index >= 15 is 0 Å². The third-order valence-corrected chi connectivity index (χ3v) is 5.17. The molecule has 0 bridgehead atoms. The van der Waals surface area contributed by atoms with Crippen LogP contribution in [0.4, 0.5) is 22.7 Å². The van der Waals surface area contributed by atoms with Crippen molar-refractivity contribution >= 4 is 54.6 Å². The molecule has 0 radical (unpaired) electrons. The second-order valence-electron chi connectivity index (χ2n) is 5.40. The van der Waals surface area contributed by atoms with Crippen molar-refractivity contribution in [3.8, 4) is 0 Å². The van der Waals surface area contributed by atoms with E-state index in [1.165, 1.54) is 11.4 Å². The summed E-state index contributed by atoms with van der Waals surface area (Å²) < 4.78 is 2.10. The maximum Gasteiger partial charge on any atom is 0.0513 e. The molecule has 0 spiro atoms. The highest BCUT2D eigenvalue weighted by Gasteiger charge is 2.20. The van der Waals surface area contributed by atoms with Gasteiger partial charge in [0.05, 0.1) is 11.4 Å². The standard InChI is InChI=1S/C16H18Br2N4/c17-13-9-11(19)1-3-15(13)21-5-7-22(8-6-21)16-4-2-12(20)10-14(16)18/h1-4,9-10H,5-8,19-20H2. The van der Waals surface area contributed by atoms with Crippen molar-refractivity contribution in [3.63, 3.8) is 0 Å². The monoisotopic (exact) mass is 424 g/mol. The average molecular weight is 426 g/mol. The van der Waals surface area contributed by atoms with Crippen molar-refractivity contribution in [1.29, 1.82) is 0 Å². The van der Waals surface area contributed by atoms with Crippen molar-refractivity contribution in [1.82, 2.24) is 0 Å². The third kappa shape index (κ3) is 3.17. The van der Waals surface area contributed by atoms with Crippen molar-refractivity contribution in [2.24, 2.45) is 0 Å². The largest absolute Gasteiger partial charge is 0.399 e. The topological polar surface area (TPSA) is 58.5 Å². The molecule has 4 nitrogen and oxygen atoms in total. The van der Waals surface area contributed by atoms with Gasteiger partial charge in [-0.3, -0.25) is 0 Å². The molecule has 1 heterocycles. The highest BCUT2D eigenvalue weighted by atomic mass is 79.9. The van der Waals surface area contributed by atoms with Gasteiger partial charge < -0.3 is 21.3 Å². The first-order valence-corrected chi connectivity index (χ1v) is 8.73. The minimum Gasteiger partial charge on any atom is -0.399 e. The Labute approximate surface area is 147 Å². The summed E-state index contributed by atoms with van der Waals surface area (Å²) in [6.45, 7) is 3.89. The first-order chi connectivity index (χ1) is 10.5. The van der Waals surface area contributed by atoms with Crippen LogP contribution in [-0.4, -0.2) is 26.2 Å². The molecule has 1 fully saturated rings. The molecule has 22 heavy (non-hydrogen) atoms. The lowest BCUT2D eigenvalue weighted by atomic mass is 10.2. The lowest BCUT2D eigenvalue weighted by molar-refractivity contribution is 0.652. The van der Waals surface area contributed by atoms with Crippen molar-refractivity contribution < 1.29 is 0 Å². The smallest absolute Gasteiger partial charge is 0.0513 e. The second kappa shape index (κ2) is 6.38. The number of halogens is 2. The molecule has 0 aromatic heterocycles. The van der Waals surface area contributed by atoms with Gasteiger partial charge in [-0.25, -0.2) is 0 Å². The molecule has 0 atom stereocenters. The first kappa shape index (κ1) is 15.5. The number of hydrogen-bond donors (Lipinski definition) is 2. The Balaban J connectivity index is 1.72. The van der Waals surface area contributed by atoms with E-state index < -0.39 is 0 Å². The van der Waals surface area contributed by atoms with Crippen LogP contribution in [0, 0.1) is 0 Å². The first-order valence-electron chi connectivity index (χ1n) is 7.14. The molecule has 1 saturated heterocycles. The van der Waals surface area contributed by atoms with Gasteiger partial charge >= 0.3 is 0 Å². The Hall–Kier alpha value is -1.40. The van der Waals surface area contributed by atoms with Crippen LogP contribution < -0.4 is 21.3 Å². The van der Waals surface area contributed by atoms with E-state index in [1.807, 2.05) is 24.3 Å². The number of hydrogen-bond acceptors (Lipinski definition) is 4. The van der Waals surface area contributed by atoms with Crippen LogP contribution in [0.15, 0.2) is 45.3 Å². The van der Waals surface area contributed by atoms with Crippen LogP contribution in [0.5, 0.6) is 0 Å². The highest BCUT2D eigenvalue weighted by molar-refractivity contribution is 9.11. The molecule has 0 amide bonds. The molecule has 6 heteroatoms. The van der Waals surface area contributed by atoms with Crippen LogP contribution in [0.1, 0.15) is 0 Å². The van der Waals surface area contributed by atoms with Crippen LogP contribution in [-0.2, 0) is 0 Å². The van der Waals surface area contributed by atoms with Gasteiger partial charge in [-0.1, -0.05) is 0 Å². The van der Waals surface area contributed by atoms with Gasteiger partial charge in [0.25, 0.3) is 0 Å². The molecule has 4 N–H and O–H groups in total. The highest BCUT2D eigenvalue weighted by Crippen LogP contribution is 2.32. The van der Waals surface area contributed by atoms with E-state index in [2.05, 4.69) is 53.8 Å². The predicted molar refractivity (Wildman–Crippen MR) is 102 cm³/mol. The van der Waals surface area contributed by atoms with Crippen molar-refractivity contribution in [2.45, 2.75) is 0 Å². The van der Waals surface area contributed by atoms with Crippen LogP contribution >= 0.6 is 31.9 Å². The summed E-state index contributed by atoms with van der Waals surface area (Å²) in [6.07, 6.45) is 0. The molecule has 0 aliphatic carbocycles. The lowest BCUT2D eigenvalue weighted by Crippen LogP contribution is -2.46. The summed E-state index contributed by atoms with van der Waals surface area (Å²) in [6, 6.07) is 12.0. The van der Waals surface area contributed by atoms with E-state index in [1.54, 1.807) is 0 Å². The van der Waals surface area contributed by atoms with Crippen LogP contribution in [0.2, 0.25) is 0 Å². The zero-order valence-corrected chi connectivity index (χ0v) is 15.3. The zero-order chi connectivity index (χ0) is 15.7. The molecule has 0 saturated carbocycles. The number of benzene rings is 2. The van der Waals surface area contributed by atoms with Crippen molar-refractivity contribution in [2.75, 3.05) is 47.4 Å². The number of nitrogens with zero attached hydrogens (tertiary/aromatic N) is 2. The van der Waals surface area contributed by atoms with Crippen LogP contribution in [0.25, 0.3) is 0 Å². The van der Waals surface area contributed by atoms with E-state index in [0.717, 1.165) is 46.5 Å². The molecule has 0 unspecified atom stereocenters. The molecule has 2 aromatic rings. The fourth-order valence-corrected chi connectivity index (χ4v) is 4.04. The maximum atomic E-state index is 5.81. The Kier molecular flexibility index (Phi) is 4.49. The maximum absolute atomic E-state index is 5.81. The summed E-state index contributed by atoms with van der Waals surface area (Å²) in [5.74, 6) is 0. The van der Waals surface area contributed by atoms with Gasteiger partial charge in [-0.15, -0.1) is 0 Å². The summed E-state index contributed by atoms with van der Waals surface area (Å²) in [5.41, 5.74) is 15.6. The Morgan fingerprint density at radius 2 is 1.05 bits per heavy atom. The number of anilines is 4. The minimum absolute atomic E-state index is 0.778. The summed E-state index contributed by atoms with van der Waals surface area (Å²) in [5, 5.41) is 0. The normalized spacial score (nSPS) is 15.2. The van der Waals surface area contributed by atoms with Crippen LogP contribution in [0.3, 0.4) is 0 Å². The zero-order valence-electron chi connectivity index (χ0n) is 12.1.